The third-order valence-electron chi connectivity index (χ3n) is 3.05. The minimum Gasteiger partial charge on any atom is -0.325 e. The summed E-state index contributed by atoms with van der Waals surface area (Å²) in [6, 6.07) is 0.697. The summed E-state index contributed by atoms with van der Waals surface area (Å²) in [5, 5.41) is 3.18. The van der Waals surface area contributed by atoms with E-state index >= 15 is 0 Å². The summed E-state index contributed by atoms with van der Waals surface area (Å²) in [6.45, 7) is 7.39. The molecule has 0 radical (unpaired) electrons. The van der Waals surface area contributed by atoms with E-state index < -0.39 is 0 Å². The van der Waals surface area contributed by atoms with Crippen LogP contribution in [-0.2, 0) is 13.1 Å². The van der Waals surface area contributed by atoms with Gasteiger partial charge in [0.25, 0.3) is 0 Å². The second-order valence-corrected chi connectivity index (χ2v) is 5.50. The molecule has 3 nitrogen and oxygen atoms in total. The van der Waals surface area contributed by atoms with E-state index in [2.05, 4.69) is 29.1 Å². The molecule has 4 heteroatoms. The predicted octanol–water partition coefficient (Wildman–Crippen LogP) is 1.83. The molecule has 15 heavy (non-hydrogen) atoms. The van der Waals surface area contributed by atoms with Gasteiger partial charge in [0.05, 0.1) is 5.69 Å². The maximum Gasteiger partial charge on any atom is 0.106 e. The highest BCUT2D eigenvalue weighted by Crippen LogP contribution is 2.24. The number of aromatic nitrogens is 1. The Bertz CT molecular complexity index is 323. The Labute approximate surface area is 95.3 Å². The molecular weight excluding hydrogens is 206 g/mol. The molecule has 2 rings (SSSR count). The van der Waals surface area contributed by atoms with E-state index in [9.17, 15) is 0 Å². The van der Waals surface area contributed by atoms with Crippen molar-refractivity contribution in [1.82, 2.24) is 9.88 Å². The summed E-state index contributed by atoms with van der Waals surface area (Å²) in [4.78, 5) is 7.02. The Morgan fingerprint density at radius 3 is 2.93 bits per heavy atom. The third-order valence-corrected chi connectivity index (χ3v) is 3.97. The van der Waals surface area contributed by atoms with Gasteiger partial charge in [-0.2, -0.15) is 0 Å². The zero-order valence-corrected chi connectivity index (χ0v) is 10.3. The fraction of sp³-hybridized carbons (Fsp3) is 0.727. The zero-order valence-electron chi connectivity index (χ0n) is 9.44. The van der Waals surface area contributed by atoms with E-state index in [1.807, 2.05) is 0 Å². The van der Waals surface area contributed by atoms with E-state index in [1.54, 1.807) is 11.3 Å². The second-order valence-electron chi connectivity index (χ2n) is 4.56. The molecule has 0 aromatic carbocycles. The molecule has 0 amide bonds. The molecule has 1 aromatic heterocycles. The van der Waals surface area contributed by atoms with Gasteiger partial charge in [0.2, 0.25) is 0 Å². The van der Waals surface area contributed by atoms with Crippen molar-refractivity contribution < 1.29 is 0 Å². The highest BCUT2D eigenvalue weighted by Gasteiger charge is 2.26. The largest absolute Gasteiger partial charge is 0.325 e. The van der Waals surface area contributed by atoms with Crippen LogP contribution in [-0.4, -0.2) is 22.5 Å². The van der Waals surface area contributed by atoms with Gasteiger partial charge in [-0.3, -0.25) is 4.90 Å². The van der Waals surface area contributed by atoms with Crippen LogP contribution in [0.4, 0.5) is 0 Å². The van der Waals surface area contributed by atoms with Crippen molar-refractivity contribution in [3.8, 4) is 0 Å². The Balaban J connectivity index is 1.96. The maximum absolute atomic E-state index is 5.55. The fourth-order valence-electron chi connectivity index (χ4n) is 2.33. The van der Waals surface area contributed by atoms with Gasteiger partial charge in [-0.25, -0.2) is 4.98 Å². The van der Waals surface area contributed by atoms with Crippen LogP contribution in [0.3, 0.4) is 0 Å². The van der Waals surface area contributed by atoms with E-state index in [0.29, 0.717) is 12.6 Å². The van der Waals surface area contributed by atoms with Crippen molar-refractivity contribution in [2.75, 3.05) is 6.54 Å². The van der Waals surface area contributed by atoms with Gasteiger partial charge in [-0.15, -0.1) is 11.3 Å². The van der Waals surface area contributed by atoms with Gasteiger partial charge < -0.3 is 5.73 Å². The third kappa shape index (κ3) is 2.56. The van der Waals surface area contributed by atoms with Crippen LogP contribution < -0.4 is 5.73 Å². The van der Waals surface area contributed by atoms with E-state index in [4.69, 9.17) is 5.73 Å². The topological polar surface area (TPSA) is 42.1 Å². The highest BCUT2D eigenvalue weighted by atomic mass is 32.1. The minimum atomic E-state index is 0.566. The first-order chi connectivity index (χ1) is 7.19. The molecular formula is C11H19N3S. The van der Waals surface area contributed by atoms with Gasteiger partial charge >= 0.3 is 0 Å². The second kappa shape index (κ2) is 4.60. The van der Waals surface area contributed by atoms with Crippen LogP contribution in [0.2, 0.25) is 0 Å². The molecule has 2 unspecified atom stereocenters. The average molecular weight is 225 g/mol. The first-order valence-corrected chi connectivity index (χ1v) is 6.44. The summed E-state index contributed by atoms with van der Waals surface area (Å²) in [6.07, 6.45) is 1.31. The van der Waals surface area contributed by atoms with Crippen molar-refractivity contribution in [2.24, 2.45) is 11.7 Å². The Hall–Kier alpha value is -0.450. The zero-order chi connectivity index (χ0) is 10.8. The molecule has 0 bridgehead atoms. The Morgan fingerprint density at radius 1 is 1.60 bits per heavy atom. The summed E-state index contributed by atoms with van der Waals surface area (Å²) in [5.41, 5.74) is 6.74. The molecule has 1 fully saturated rings. The van der Waals surface area contributed by atoms with Crippen molar-refractivity contribution in [3.05, 3.63) is 16.1 Å². The smallest absolute Gasteiger partial charge is 0.106 e. The summed E-state index contributed by atoms with van der Waals surface area (Å²) in [7, 11) is 0. The van der Waals surface area contributed by atoms with Crippen LogP contribution in [0.5, 0.6) is 0 Å². The lowest BCUT2D eigenvalue weighted by Crippen LogP contribution is -2.26. The van der Waals surface area contributed by atoms with Crippen LogP contribution in [0.15, 0.2) is 5.38 Å². The summed E-state index contributed by atoms with van der Waals surface area (Å²) in [5.74, 6) is 0.826. The predicted molar refractivity (Wildman–Crippen MR) is 63.7 cm³/mol. The summed E-state index contributed by atoms with van der Waals surface area (Å²) >= 11 is 1.67. The van der Waals surface area contributed by atoms with Gasteiger partial charge in [-0.05, 0) is 19.3 Å². The number of thiazole rings is 1. The fourth-order valence-corrected chi connectivity index (χ4v) is 3.00. The minimum absolute atomic E-state index is 0.566. The Morgan fingerprint density at radius 2 is 2.40 bits per heavy atom. The number of rotatable bonds is 3. The lowest BCUT2D eigenvalue weighted by molar-refractivity contribution is 0.254. The first-order valence-electron chi connectivity index (χ1n) is 5.56. The van der Waals surface area contributed by atoms with Crippen molar-refractivity contribution in [1.29, 1.82) is 0 Å². The summed E-state index contributed by atoms with van der Waals surface area (Å²) < 4.78 is 0. The average Bonchev–Trinajstić information content (AvgIpc) is 2.75. The van der Waals surface area contributed by atoms with Crippen LogP contribution in [0.25, 0.3) is 0 Å². The van der Waals surface area contributed by atoms with Crippen LogP contribution in [0.1, 0.15) is 31.0 Å². The number of hydrogen-bond acceptors (Lipinski definition) is 4. The van der Waals surface area contributed by atoms with Crippen molar-refractivity contribution in [3.63, 3.8) is 0 Å². The quantitative estimate of drug-likeness (QED) is 0.853. The van der Waals surface area contributed by atoms with E-state index in [0.717, 1.165) is 17.5 Å². The monoisotopic (exact) mass is 225 g/mol. The van der Waals surface area contributed by atoms with Crippen molar-refractivity contribution >= 4 is 11.3 Å². The molecule has 2 atom stereocenters. The van der Waals surface area contributed by atoms with Gasteiger partial charge in [0.15, 0.2) is 0 Å². The van der Waals surface area contributed by atoms with E-state index in [-0.39, 0.29) is 0 Å². The molecule has 0 saturated carbocycles. The SMILES string of the molecule is CC1CC(C)N(Cc2csc(CN)n2)C1. The normalized spacial score (nSPS) is 27.4. The van der Waals surface area contributed by atoms with E-state index in [1.165, 1.54) is 18.7 Å². The maximum atomic E-state index is 5.55. The number of likely N-dealkylation sites (tertiary alicyclic amines) is 1. The molecule has 0 spiro atoms. The molecule has 1 aliphatic heterocycles. The van der Waals surface area contributed by atoms with Crippen molar-refractivity contribution in [2.45, 2.75) is 39.4 Å². The van der Waals surface area contributed by atoms with Gasteiger partial charge in [0.1, 0.15) is 5.01 Å². The van der Waals surface area contributed by atoms with Gasteiger partial charge in [0, 0.05) is 31.1 Å². The molecule has 2 N–H and O–H groups in total. The van der Waals surface area contributed by atoms with Crippen LogP contribution in [0, 0.1) is 5.92 Å². The number of hydrogen-bond donors (Lipinski definition) is 1. The van der Waals surface area contributed by atoms with Gasteiger partial charge in [-0.1, -0.05) is 6.92 Å². The molecule has 84 valence electrons. The highest BCUT2D eigenvalue weighted by molar-refractivity contribution is 7.09. The van der Waals surface area contributed by atoms with Crippen LogP contribution >= 0.6 is 11.3 Å². The standard InChI is InChI=1S/C11H19N3S/c1-8-3-9(2)14(5-8)6-10-7-15-11(4-12)13-10/h7-9H,3-6,12H2,1-2H3. The lowest BCUT2D eigenvalue weighted by atomic mass is 10.1. The molecule has 0 aliphatic carbocycles. The molecule has 1 aromatic rings. The lowest BCUT2D eigenvalue weighted by Gasteiger charge is -2.19. The number of nitrogens with two attached hydrogens (primary N) is 1. The number of nitrogens with zero attached hydrogens (tertiary/aromatic N) is 2. The molecule has 1 aliphatic rings. The Kier molecular flexibility index (Phi) is 3.38. The molecule has 2 heterocycles. The first kappa shape index (κ1) is 11.0. The molecule has 1 saturated heterocycles.